The molecular formula is C18H21N5OS. The Kier molecular flexibility index (Phi) is 5.25. The first-order valence-electron chi connectivity index (χ1n) is 8.03. The summed E-state index contributed by atoms with van der Waals surface area (Å²) >= 11 is 1.63. The van der Waals surface area contributed by atoms with E-state index in [9.17, 15) is 4.79 Å². The van der Waals surface area contributed by atoms with E-state index in [1.807, 2.05) is 49.8 Å². The highest BCUT2D eigenvalue weighted by Gasteiger charge is 2.14. The van der Waals surface area contributed by atoms with Crippen LogP contribution in [0.15, 0.2) is 42.0 Å². The fourth-order valence-electron chi connectivity index (χ4n) is 2.53. The molecule has 3 N–H and O–H groups in total. The minimum Gasteiger partial charge on any atom is -0.351 e. The quantitative estimate of drug-likeness (QED) is 0.708. The minimum absolute atomic E-state index is 0.164. The molecule has 1 atom stereocenters. The topological polar surface area (TPSA) is 85.8 Å². The van der Waals surface area contributed by atoms with Crippen LogP contribution in [0.5, 0.6) is 0 Å². The molecule has 1 aromatic carbocycles. The van der Waals surface area contributed by atoms with E-state index in [2.05, 4.69) is 15.4 Å². The molecule has 2 aromatic heterocycles. The molecule has 0 saturated heterocycles. The van der Waals surface area contributed by atoms with E-state index in [0.717, 1.165) is 27.4 Å². The molecule has 3 rings (SSSR count). The van der Waals surface area contributed by atoms with Gasteiger partial charge in [-0.25, -0.2) is 4.98 Å². The standard InChI is InChI=1S/C18H21N5OS/c1-12-22-17(11-25-12)15-5-3-13(4-6-15)8-20-18(24)16(19)7-14-9-21-23(2)10-14/h3-6,9-11,16H,7-8,19H2,1-2H3,(H,20,24). The van der Waals surface area contributed by atoms with Gasteiger partial charge in [0.15, 0.2) is 0 Å². The van der Waals surface area contributed by atoms with Gasteiger partial charge in [-0.1, -0.05) is 24.3 Å². The van der Waals surface area contributed by atoms with Gasteiger partial charge in [0.2, 0.25) is 5.91 Å². The highest BCUT2D eigenvalue weighted by Crippen LogP contribution is 2.21. The van der Waals surface area contributed by atoms with Crippen LogP contribution in [0.1, 0.15) is 16.1 Å². The monoisotopic (exact) mass is 355 g/mol. The number of hydrogen-bond acceptors (Lipinski definition) is 5. The van der Waals surface area contributed by atoms with E-state index in [4.69, 9.17) is 5.73 Å². The van der Waals surface area contributed by atoms with Gasteiger partial charge in [-0.15, -0.1) is 11.3 Å². The maximum atomic E-state index is 12.1. The van der Waals surface area contributed by atoms with Crippen LogP contribution in [0, 0.1) is 6.92 Å². The summed E-state index contributed by atoms with van der Waals surface area (Å²) in [5.41, 5.74) is 10.0. The molecule has 1 unspecified atom stereocenters. The predicted molar refractivity (Wildman–Crippen MR) is 99.0 cm³/mol. The van der Waals surface area contributed by atoms with Crippen molar-refractivity contribution in [2.45, 2.75) is 25.9 Å². The maximum Gasteiger partial charge on any atom is 0.237 e. The van der Waals surface area contributed by atoms with Gasteiger partial charge in [0.25, 0.3) is 0 Å². The molecule has 0 aliphatic heterocycles. The van der Waals surface area contributed by atoms with Crippen molar-refractivity contribution in [2.24, 2.45) is 12.8 Å². The fourth-order valence-corrected chi connectivity index (χ4v) is 3.16. The Morgan fingerprint density at radius 3 is 2.68 bits per heavy atom. The van der Waals surface area contributed by atoms with Crippen molar-refractivity contribution in [3.05, 3.63) is 58.2 Å². The van der Waals surface area contributed by atoms with Crippen LogP contribution in [0.4, 0.5) is 0 Å². The van der Waals surface area contributed by atoms with Crippen LogP contribution in [-0.4, -0.2) is 26.7 Å². The maximum absolute atomic E-state index is 12.1. The Morgan fingerprint density at radius 2 is 2.08 bits per heavy atom. The highest BCUT2D eigenvalue weighted by molar-refractivity contribution is 7.09. The van der Waals surface area contributed by atoms with Gasteiger partial charge in [0.05, 0.1) is 22.9 Å². The number of carbonyl (C=O) groups is 1. The summed E-state index contributed by atoms with van der Waals surface area (Å²) in [5.74, 6) is -0.164. The van der Waals surface area contributed by atoms with Gasteiger partial charge >= 0.3 is 0 Å². The Bertz CT molecular complexity index is 852. The Hall–Kier alpha value is -2.51. The lowest BCUT2D eigenvalue weighted by molar-refractivity contribution is -0.122. The van der Waals surface area contributed by atoms with Crippen LogP contribution in [0.25, 0.3) is 11.3 Å². The van der Waals surface area contributed by atoms with Crippen LogP contribution >= 0.6 is 11.3 Å². The summed E-state index contributed by atoms with van der Waals surface area (Å²) in [5, 5.41) is 10.1. The summed E-state index contributed by atoms with van der Waals surface area (Å²) in [7, 11) is 1.84. The molecule has 0 bridgehead atoms. The van der Waals surface area contributed by atoms with E-state index in [-0.39, 0.29) is 5.91 Å². The van der Waals surface area contributed by atoms with Gasteiger partial charge in [0, 0.05) is 30.7 Å². The van der Waals surface area contributed by atoms with Crippen molar-refractivity contribution in [1.82, 2.24) is 20.1 Å². The Morgan fingerprint density at radius 1 is 1.32 bits per heavy atom. The lowest BCUT2D eigenvalue weighted by Crippen LogP contribution is -2.41. The lowest BCUT2D eigenvalue weighted by Gasteiger charge is -2.11. The largest absolute Gasteiger partial charge is 0.351 e. The molecule has 6 nitrogen and oxygen atoms in total. The third-order valence-electron chi connectivity index (χ3n) is 3.89. The normalized spacial score (nSPS) is 12.1. The summed E-state index contributed by atoms with van der Waals surface area (Å²) in [6, 6.07) is 7.45. The minimum atomic E-state index is -0.582. The number of rotatable bonds is 6. The zero-order valence-electron chi connectivity index (χ0n) is 14.3. The molecule has 0 saturated carbocycles. The number of benzene rings is 1. The van der Waals surface area contributed by atoms with Crippen molar-refractivity contribution >= 4 is 17.2 Å². The number of nitrogens with zero attached hydrogens (tertiary/aromatic N) is 3. The summed E-state index contributed by atoms with van der Waals surface area (Å²) in [4.78, 5) is 16.6. The van der Waals surface area contributed by atoms with Gasteiger partial charge in [-0.2, -0.15) is 5.10 Å². The molecule has 7 heteroatoms. The van der Waals surface area contributed by atoms with E-state index in [1.165, 1.54) is 0 Å². The second kappa shape index (κ2) is 7.58. The molecule has 1 amide bonds. The SMILES string of the molecule is Cc1nc(-c2ccc(CNC(=O)C(N)Cc3cnn(C)c3)cc2)cs1. The molecule has 0 radical (unpaired) electrons. The fraction of sp³-hybridized carbons (Fsp3) is 0.278. The average molecular weight is 355 g/mol. The predicted octanol–water partition coefficient (Wildman–Crippen LogP) is 2.04. The second-order valence-electron chi connectivity index (χ2n) is 6.00. The number of amides is 1. The van der Waals surface area contributed by atoms with Crippen molar-refractivity contribution in [3.8, 4) is 11.3 Å². The molecule has 25 heavy (non-hydrogen) atoms. The van der Waals surface area contributed by atoms with Crippen LogP contribution < -0.4 is 11.1 Å². The van der Waals surface area contributed by atoms with E-state index in [1.54, 1.807) is 22.2 Å². The molecule has 2 heterocycles. The number of nitrogens with one attached hydrogen (secondary N) is 1. The van der Waals surface area contributed by atoms with Crippen LogP contribution in [-0.2, 0) is 24.8 Å². The van der Waals surface area contributed by atoms with Gasteiger partial charge < -0.3 is 11.1 Å². The molecule has 0 fully saturated rings. The molecule has 0 spiro atoms. The van der Waals surface area contributed by atoms with Crippen molar-refractivity contribution < 1.29 is 4.79 Å². The summed E-state index contributed by atoms with van der Waals surface area (Å²) < 4.78 is 1.70. The molecular weight excluding hydrogens is 334 g/mol. The van der Waals surface area contributed by atoms with Gasteiger partial charge in [-0.05, 0) is 24.5 Å². The van der Waals surface area contributed by atoms with Crippen molar-refractivity contribution in [2.75, 3.05) is 0 Å². The lowest BCUT2D eigenvalue weighted by atomic mass is 10.1. The number of carbonyl (C=O) groups excluding carboxylic acids is 1. The van der Waals surface area contributed by atoms with Crippen molar-refractivity contribution in [1.29, 1.82) is 0 Å². The summed E-state index contributed by atoms with van der Waals surface area (Å²) in [6.07, 6.45) is 4.07. The first kappa shape index (κ1) is 17.3. The van der Waals surface area contributed by atoms with Crippen molar-refractivity contribution in [3.63, 3.8) is 0 Å². The average Bonchev–Trinajstić information content (AvgIpc) is 3.21. The number of hydrogen-bond donors (Lipinski definition) is 2. The Balaban J connectivity index is 1.53. The third-order valence-corrected chi connectivity index (χ3v) is 4.66. The van der Waals surface area contributed by atoms with E-state index >= 15 is 0 Å². The van der Waals surface area contributed by atoms with Crippen LogP contribution in [0.2, 0.25) is 0 Å². The molecule has 130 valence electrons. The second-order valence-corrected chi connectivity index (χ2v) is 7.06. The zero-order chi connectivity index (χ0) is 17.8. The Labute approximate surface area is 150 Å². The summed E-state index contributed by atoms with van der Waals surface area (Å²) in [6.45, 7) is 2.45. The number of aryl methyl sites for hydroxylation is 2. The molecule has 0 aliphatic rings. The number of thiazole rings is 1. The smallest absolute Gasteiger partial charge is 0.237 e. The first-order valence-corrected chi connectivity index (χ1v) is 8.91. The molecule has 0 aliphatic carbocycles. The number of aromatic nitrogens is 3. The van der Waals surface area contributed by atoms with Crippen LogP contribution in [0.3, 0.4) is 0 Å². The van der Waals surface area contributed by atoms with Gasteiger partial charge in [0.1, 0.15) is 0 Å². The third kappa shape index (κ3) is 4.52. The number of nitrogens with two attached hydrogens (primary N) is 1. The first-order chi connectivity index (χ1) is 12.0. The van der Waals surface area contributed by atoms with E-state index < -0.39 is 6.04 Å². The van der Waals surface area contributed by atoms with E-state index in [0.29, 0.717) is 13.0 Å². The van der Waals surface area contributed by atoms with Gasteiger partial charge in [-0.3, -0.25) is 9.48 Å². The molecule has 3 aromatic rings. The zero-order valence-corrected chi connectivity index (χ0v) is 15.1. The highest BCUT2D eigenvalue weighted by atomic mass is 32.1.